The zero-order valence-corrected chi connectivity index (χ0v) is 15.2. The zero-order chi connectivity index (χ0) is 18.9. The molecule has 8 heteroatoms. The molecule has 0 saturated heterocycles. The number of hydrogen-bond acceptors (Lipinski definition) is 6. The molecule has 3 N–H and O–H groups in total. The first-order valence-corrected chi connectivity index (χ1v) is 8.33. The number of hydrogen-bond donors (Lipinski definition) is 3. The predicted molar refractivity (Wildman–Crippen MR) is 102 cm³/mol. The summed E-state index contributed by atoms with van der Waals surface area (Å²) in [6, 6.07) is 8.79. The average molecular weight is 356 g/mol. The van der Waals surface area contributed by atoms with E-state index < -0.39 is 0 Å². The second-order valence-corrected chi connectivity index (χ2v) is 6.08. The van der Waals surface area contributed by atoms with Crippen LogP contribution in [-0.4, -0.2) is 53.9 Å². The fourth-order valence-electron chi connectivity index (χ4n) is 2.23. The maximum atomic E-state index is 12.2. The minimum atomic E-state index is -0.227. The third kappa shape index (κ3) is 6.48. The van der Waals surface area contributed by atoms with E-state index >= 15 is 0 Å². The van der Waals surface area contributed by atoms with Crippen LogP contribution in [0.4, 0.5) is 17.2 Å². The van der Waals surface area contributed by atoms with Gasteiger partial charge in [-0.15, -0.1) is 0 Å². The van der Waals surface area contributed by atoms with Crippen LogP contribution in [-0.2, 0) is 4.79 Å². The molecule has 8 nitrogen and oxygen atoms in total. The standard InChI is InChI=1S/C18H24N6O2/c1-13(25)22-14-5-7-15(8-6-14)23-17-11-16(20-12-21-17)18(26)19-9-4-10-24(2)3/h5-8,11-12H,4,9-10H2,1-3H3,(H,19,26)(H,22,25)(H,20,21,23). The molecule has 138 valence electrons. The lowest BCUT2D eigenvalue weighted by molar-refractivity contribution is -0.114. The first kappa shape index (κ1) is 19.3. The Labute approximate surface area is 153 Å². The summed E-state index contributed by atoms with van der Waals surface area (Å²) in [6.07, 6.45) is 2.22. The van der Waals surface area contributed by atoms with Crippen LogP contribution in [0.5, 0.6) is 0 Å². The SMILES string of the molecule is CC(=O)Nc1ccc(Nc2cc(C(=O)NCCCN(C)C)ncn2)cc1. The summed E-state index contributed by atoms with van der Waals surface area (Å²) in [4.78, 5) is 33.4. The van der Waals surface area contributed by atoms with Gasteiger partial charge in [0.1, 0.15) is 17.8 Å². The van der Waals surface area contributed by atoms with Gasteiger partial charge < -0.3 is 20.9 Å². The van der Waals surface area contributed by atoms with Gasteiger partial charge in [-0.1, -0.05) is 0 Å². The Hall–Kier alpha value is -3.00. The van der Waals surface area contributed by atoms with E-state index in [4.69, 9.17) is 0 Å². The van der Waals surface area contributed by atoms with Crippen LogP contribution in [0.25, 0.3) is 0 Å². The lowest BCUT2D eigenvalue weighted by Gasteiger charge is -2.10. The van der Waals surface area contributed by atoms with Crippen molar-refractivity contribution in [3.05, 3.63) is 42.4 Å². The Morgan fingerprint density at radius 2 is 1.77 bits per heavy atom. The van der Waals surface area contributed by atoms with Crippen LogP contribution in [0.1, 0.15) is 23.8 Å². The number of anilines is 3. The first-order valence-electron chi connectivity index (χ1n) is 8.33. The summed E-state index contributed by atoms with van der Waals surface area (Å²) in [5, 5.41) is 8.66. The molecule has 0 saturated carbocycles. The van der Waals surface area contributed by atoms with Crippen molar-refractivity contribution >= 4 is 29.0 Å². The van der Waals surface area contributed by atoms with Crippen LogP contribution < -0.4 is 16.0 Å². The number of benzene rings is 1. The molecule has 1 aromatic carbocycles. The van der Waals surface area contributed by atoms with Crippen molar-refractivity contribution in [2.75, 3.05) is 37.8 Å². The van der Waals surface area contributed by atoms with E-state index in [0.29, 0.717) is 23.7 Å². The van der Waals surface area contributed by atoms with Gasteiger partial charge in [0.05, 0.1) is 0 Å². The maximum Gasteiger partial charge on any atom is 0.270 e. The summed E-state index contributed by atoms with van der Waals surface area (Å²) >= 11 is 0. The van der Waals surface area contributed by atoms with Gasteiger partial charge in [-0.25, -0.2) is 9.97 Å². The van der Waals surface area contributed by atoms with Crippen molar-refractivity contribution in [3.63, 3.8) is 0 Å². The van der Waals surface area contributed by atoms with E-state index in [1.165, 1.54) is 13.3 Å². The van der Waals surface area contributed by atoms with Crippen molar-refractivity contribution in [1.29, 1.82) is 0 Å². The Morgan fingerprint density at radius 3 is 2.42 bits per heavy atom. The summed E-state index contributed by atoms with van der Waals surface area (Å²) in [6.45, 7) is 2.96. The van der Waals surface area contributed by atoms with E-state index in [2.05, 4.69) is 30.8 Å². The van der Waals surface area contributed by atoms with Gasteiger partial charge in [0.15, 0.2) is 0 Å². The molecule has 26 heavy (non-hydrogen) atoms. The molecule has 1 aromatic heterocycles. The predicted octanol–water partition coefficient (Wildman–Crippen LogP) is 1.86. The largest absolute Gasteiger partial charge is 0.351 e. The van der Waals surface area contributed by atoms with E-state index in [-0.39, 0.29) is 11.8 Å². The van der Waals surface area contributed by atoms with Gasteiger partial charge in [0, 0.05) is 30.9 Å². The van der Waals surface area contributed by atoms with Gasteiger partial charge in [-0.3, -0.25) is 9.59 Å². The van der Waals surface area contributed by atoms with Gasteiger partial charge >= 0.3 is 0 Å². The smallest absolute Gasteiger partial charge is 0.270 e. The normalized spacial score (nSPS) is 10.5. The first-order chi connectivity index (χ1) is 12.4. The lowest BCUT2D eigenvalue weighted by atomic mass is 10.2. The number of carbonyl (C=O) groups excluding carboxylic acids is 2. The molecule has 0 fully saturated rings. The highest BCUT2D eigenvalue weighted by Crippen LogP contribution is 2.17. The van der Waals surface area contributed by atoms with E-state index in [0.717, 1.165) is 18.7 Å². The van der Waals surface area contributed by atoms with E-state index in [9.17, 15) is 9.59 Å². The van der Waals surface area contributed by atoms with Gasteiger partial charge in [-0.05, 0) is 51.3 Å². The number of carbonyl (C=O) groups is 2. The molecule has 2 amide bonds. The van der Waals surface area contributed by atoms with Crippen LogP contribution in [0, 0.1) is 0 Å². The minimum Gasteiger partial charge on any atom is -0.351 e. The number of rotatable bonds is 8. The molecule has 1 heterocycles. The quantitative estimate of drug-likeness (QED) is 0.625. The third-order valence-electron chi connectivity index (χ3n) is 3.45. The number of nitrogens with zero attached hydrogens (tertiary/aromatic N) is 3. The molecule has 2 aromatic rings. The molecule has 0 aliphatic carbocycles. The minimum absolute atomic E-state index is 0.122. The molecule has 0 atom stereocenters. The summed E-state index contributed by atoms with van der Waals surface area (Å²) in [7, 11) is 3.99. The summed E-state index contributed by atoms with van der Waals surface area (Å²) in [5.41, 5.74) is 1.81. The van der Waals surface area contributed by atoms with Gasteiger partial charge in [0.2, 0.25) is 5.91 Å². The van der Waals surface area contributed by atoms with Crippen LogP contribution in [0.2, 0.25) is 0 Å². The van der Waals surface area contributed by atoms with Crippen molar-refractivity contribution in [1.82, 2.24) is 20.2 Å². The van der Waals surface area contributed by atoms with E-state index in [1.54, 1.807) is 18.2 Å². The van der Waals surface area contributed by atoms with Crippen LogP contribution in [0.15, 0.2) is 36.7 Å². The Morgan fingerprint density at radius 1 is 1.08 bits per heavy atom. The highest BCUT2D eigenvalue weighted by atomic mass is 16.2. The maximum absolute atomic E-state index is 12.2. The van der Waals surface area contributed by atoms with Crippen molar-refractivity contribution in [2.45, 2.75) is 13.3 Å². The van der Waals surface area contributed by atoms with Crippen molar-refractivity contribution in [2.24, 2.45) is 0 Å². The fourth-order valence-corrected chi connectivity index (χ4v) is 2.23. The van der Waals surface area contributed by atoms with Crippen molar-refractivity contribution in [3.8, 4) is 0 Å². The van der Waals surface area contributed by atoms with Crippen LogP contribution >= 0.6 is 0 Å². The van der Waals surface area contributed by atoms with Crippen LogP contribution in [0.3, 0.4) is 0 Å². The number of nitrogens with one attached hydrogen (secondary N) is 3. The molecular formula is C18H24N6O2. The molecule has 2 rings (SSSR count). The fraction of sp³-hybridized carbons (Fsp3) is 0.333. The molecule has 0 aliphatic heterocycles. The molecular weight excluding hydrogens is 332 g/mol. The number of amides is 2. The van der Waals surface area contributed by atoms with E-state index in [1.807, 2.05) is 26.2 Å². The molecule has 0 radical (unpaired) electrons. The monoisotopic (exact) mass is 356 g/mol. The Kier molecular flexibility index (Phi) is 7.04. The average Bonchev–Trinajstić information content (AvgIpc) is 2.60. The van der Waals surface area contributed by atoms with Gasteiger partial charge in [0.25, 0.3) is 5.91 Å². The lowest BCUT2D eigenvalue weighted by Crippen LogP contribution is -2.27. The second-order valence-electron chi connectivity index (χ2n) is 6.08. The molecule has 0 spiro atoms. The molecule has 0 bridgehead atoms. The van der Waals surface area contributed by atoms with Crippen molar-refractivity contribution < 1.29 is 9.59 Å². The zero-order valence-electron chi connectivity index (χ0n) is 15.2. The highest BCUT2D eigenvalue weighted by Gasteiger charge is 2.08. The Bertz CT molecular complexity index is 746. The topological polar surface area (TPSA) is 99.2 Å². The van der Waals surface area contributed by atoms with Gasteiger partial charge in [-0.2, -0.15) is 0 Å². The molecule has 0 aliphatic rings. The Balaban J connectivity index is 1.93. The highest BCUT2D eigenvalue weighted by molar-refractivity contribution is 5.93. The number of aromatic nitrogens is 2. The molecule has 0 unspecified atom stereocenters. The third-order valence-corrected chi connectivity index (χ3v) is 3.45. The summed E-state index contributed by atoms with van der Waals surface area (Å²) < 4.78 is 0. The summed E-state index contributed by atoms with van der Waals surface area (Å²) in [5.74, 6) is 0.170. The second kappa shape index (κ2) is 9.47.